The van der Waals surface area contributed by atoms with Crippen molar-refractivity contribution >= 4 is 34.0 Å². The highest BCUT2D eigenvalue weighted by Gasteiger charge is 2.10. The molecule has 4 aromatic rings. The fourth-order valence-electron chi connectivity index (χ4n) is 2.59. The number of hydrogen-bond acceptors (Lipinski definition) is 5. The Morgan fingerprint density at radius 1 is 0.960 bits per heavy atom. The summed E-state index contributed by atoms with van der Waals surface area (Å²) in [6.45, 7) is 0. The summed E-state index contributed by atoms with van der Waals surface area (Å²) in [5.74, 6) is 1.66. The molecule has 0 spiro atoms. The monoisotopic (exact) mass is 364 g/mol. The Balaban J connectivity index is 1.51. The highest BCUT2D eigenvalue weighted by molar-refractivity contribution is 7.98. The second kappa shape index (κ2) is 7.25. The summed E-state index contributed by atoms with van der Waals surface area (Å²) in [5.41, 5.74) is 3.13. The number of ether oxygens (including phenoxy) is 1. The molecular formula is C20H16N2OS2. The molecule has 25 heavy (non-hydrogen) atoms. The second-order valence-electron chi connectivity index (χ2n) is 5.48. The maximum absolute atomic E-state index is 5.43. The van der Waals surface area contributed by atoms with Gasteiger partial charge < -0.3 is 4.74 Å². The lowest BCUT2D eigenvalue weighted by Gasteiger charge is -2.04. The van der Waals surface area contributed by atoms with Crippen LogP contribution in [0.1, 0.15) is 5.69 Å². The maximum Gasteiger partial charge on any atom is 0.129 e. The van der Waals surface area contributed by atoms with E-state index in [2.05, 4.69) is 23.6 Å². The maximum atomic E-state index is 5.43. The number of para-hydroxylation sites is 2. The van der Waals surface area contributed by atoms with Gasteiger partial charge in [0, 0.05) is 16.5 Å². The number of thiazole rings is 1. The molecule has 2 aromatic heterocycles. The summed E-state index contributed by atoms with van der Waals surface area (Å²) < 4.78 is 5.43. The molecule has 0 radical (unpaired) electrons. The zero-order valence-corrected chi connectivity index (χ0v) is 15.3. The molecule has 2 aromatic carbocycles. The van der Waals surface area contributed by atoms with Crippen molar-refractivity contribution in [1.29, 1.82) is 0 Å². The third-order valence-corrected chi connectivity index (χ3v) is 5.72. The van der Waals surface area contributed by atoms with Gasteiger partial charge in [-0.15, -0.1) is 11.3 Å². The SMILES string of the molecule is COc1ccccc1-c1nc(CSc2ccc3ccccc3n2)cs1. The van der Waals surface area contributed by atoms with Crippen molar-refractivity contribution < 1.29 is 4.74 Å². The number of benzene rings is 2. The molecule has 2 heterocycles. The Hall–Kier alpha value is -2.37. The average Bonchev–Trinajstić information content (AvgIpc) is 3.15. The van der Waals surface area contributed by atoms with Crippen LogP contribution in [-0.4, -0.2) is 17.1 Å². The van der Waals surface area contributed by atoms with Gasteiger partial charge in [0.2, 0.25) is 0 Å². The third-order valence-electron chi connectivity index (χ3n) is 3.83. The zero-order valence-electron chi connectivity index (χ0n) is 13.7. The standard InChI is InChI=1S/C20H16N2OS2/c1-23-18-9-5-3-7-16(18)20-21-15(13-25-20)12-24-19-11-10-14-6-2-4-8-17(14)22-19/h2-11,13H,12H2,1H3. The summed E-state index contributed by atoms with van der Waals surface area (Å²) in [6.07, 6.45) is 0. The Morgan fingerprint density at radius 2 is 1.80 bits per heavy atom. The fourth-order valence-corrected chi connectivity index (χ4v) is 4.32. The zero-order chi connectivity index (χ0) is 17.1. The van der Waals surface area contributed by atoms with Gasteiger partial charge in [-0.05, 0) is 24.3 Å². The Kier molecular flexibility index (Phi) is 4.68. The van der Waals surface area contributed by atoms with E-state index < -0.39 is 0 Å². The van der Waals surface area contributed by atoms with Crippen molar-refractivity contribution in [3.63, 3.8) is 0 Å². The number of methoxy groups -OCH3 is 1. The van der Waals surface area contributed by atoms with Crippen molar-refractivity contribution in [3.05, 3.63) is 71.7 Å². The van der Waals surface area contributed by atoms with E-state index >= 15 is 0 Å². The van der Waals surface area contributed by atoms with Crippen LogP contribution in [0.5, 0.6) is 5.75 Å². The van der Waals surface area contributed by atoms with Crippen LogP contribution in [0.25, 0.3) is 21.5 Å². The molecule has 0 fully saturated rings. The first-order valence-corrected chi connectivity index (χ1v) is 9.76. The minimum absolute atomic E-state index is 0.803. The van der Waals surface area contributed by atoms with Gasteiger partial charge in [0.05, 0.1) is 28.9 Å². The topological polar surface area (TPSA) is 35.0 Å². The molecule has 0 aliphatic carbocycles. The van der Waals surface area contributed by atoms with Gasteiger partial charge in [0.1, 0.15) is 10.8 Å². The molecule has 0 N–H and O–H groups in total. The number of nitrogens with zero attached hydrogens (tertiary/aromatic N) is 2. The molecule has 0 unspecified atom stereocenters. The van der Waals surface area contributed by atoms with Gasteiger partial charge in [0.15, 0.2) is 0 Å². The molecule has 0 bridgehead atoms. The van der Waals surface area contributed by atoms with E-state index in [1.165, 1.54) is 5.39 Å². The molecule has 0 saturated heterocycles. The molecule has 0 aliphatic heterocycles. The van der Waals surface area contributed by atoms with Crippen molar-refractivity contribution in [3.8, 4) is 16.3 Å². The van der Waals surface area contributed by atoms with Crippen LogP contribution in [-0.2, 0) is 5.75 Å². The van der Waals surface area contributed by atoms with E-state index in [9.17, 15) is 0 Å². The molecule has 124 valence electrons. The highest BCUT2D eigenvalue weighted by atomic mass is 32.2. The molecular weight excluding hydrogens is 348 g/mol. The molecule has 0 aliphatic rings. The van der Waals surface area contributed by atoms with Crippen LogP contribution in [0.3, 0.4) is 0 Å². The minimum Gasteiger partial charge on any atom is -0.496 e. The second-order valence-corrected chi connectivity index (χ2v) is 7.33. The summed E-state index contributed by atoms with van der Waals surface area (Å²) in [7, 11) is 1.69. The molecule has 0 saturated carbocycles. The van der Waals surface area contributed by atoms with Crippen LogP contribution in [0.2, 0.25) is 0 Å². The molecule has 0 amide bonds. The number of fused-ring (bicyclic) bond motifs is 1. The molecule has 5 heteroatoms. The molecule has 0 atom stereocenters. The first-order chi connectivity index (χ1) is 12.3. The third kappa shape index (κ3) is 3.52. The molecule has 3 nitrogen and oxygen atoms in total. The molecule has 4 rings (SSSR count). The smallest absolute Gasteiger partial charge is 0.129 e. The van der Waals surface area contributed by atoms with Crippen LogP contribution in [0.15, 0.2) is 71.1 Å². The Labute approximate surface area is 154 Å². The van der Waals surface area contributed by atoms with Gasteiger partial charge in [0.25, 0.3) is 0 Å². The van der Waals surface area contributed by atoms with Crippen molar-refractivity contribution in [2.75, 3.05) is 7.11 Å². The van der Waals surface area contributed by atoms with Crippen molar-refractivity contribution in [1.82, 2.24) is 9.97 Å². The van der Waals surface area contributed by atoms with Crippen LogP contribution in [0, 0.1) is 0 Å². The summed E-state index contributed by atoms with van der Waals surface area (Å²) in [4.78, 5) is 9.46. The lowest BCUT2D eigenvalue weighted by molar-refractivity contribution is 0.416. The van der Waals surface area contributed by atoms with Crippen LogP contribution >= 0.6 is 23.1 Å². The predicted octanol–water partition coefficient (Wildman–Crippen LogP) is 5.66. The van der Waals surface area contributed by atoms with Crippen molar-refractivity contribution in [2.24, 2.45) is 0 Å². The number of thioether (sulfide) groups is 1. The fraction of sp³-hybridized carbons (Fsp3) is 0.100. The number of pyridine rings is 1. The van der Waals surface area contributed by atoms with E-state index in [0.717, 1.165) is 38.3 Å². The Bertz CT molecular complexity index is 1010. The lowest BCUT2D eigenvalue weighted by Crippen LogP contribution is -1.88. The first kappa shape index (κ1) is 16.1. The first-order valence-electron chi connectivity index (χ1n) is 7.90. The van der Waals surface area contributed by atoms with Gasteiger partial charge in [-0.3, -0.25) is 0 Å². The number of hydrogen-bond donors (Lipinski definition) is 0. The highest BCUT2D eigenvalue weighted by Crippen LogP contribution is 2.33. The van der Waals surface area contributed by atoms with Gasteiger partial charge in [-0.2, -0.15) is 0 Å². The largest absolute Gasteiger partial charge is 0.496 e. The van der Waals surface area contributed by atoms with Crippen molar-refractivity contribution in [2.45, 2.75) is 10.8 Å². The predicted molar refractivity (Wildman–Crippen MR) is 105 cm³/mol. The van der Waals surface area contributed by atoms with Gasteiger partial charge in [-0.25, -0.2) is 9.97 Å². The lowest BCUT2D eigenvalue weighted by atomic mass is 10.2. The Morgan fingerprint density at radius 3 is 2.72 bits per heavy atom. The van der Waals surface area contributed by atoms with E-state index in [1.807, 2.05) is 42.5 Å². The van der Waals surface area contributed by atoms with E-state index in [4.69, 9.17) is 14.7 Å². The number of aromatic nitrogens is 2. The van der Waals surface area contributed by atoms with Gasteiger partial charge >= 0.3 is 0 Å². The normalized spacial score (nSPS) is 10.9. The average molecular weight is 364 g/mol. The summed E-state index contributed by atoms with van der Waals surface area (Å²) in [6, 6.07) is 20.3. The van der Waals surface area contributed by atoms with Crippen LogP contribution in [0.4, 0.5) is 0 Å². The summed E-state index contributed by atoms with van der Waals surface area (Å²) >= 11 is 3.35. The van der Waals surface area contributed by atoms with E-state index in [0.29, 0.717) is 0 Å². The van der Waals surface area contributed by atoms with Gasteiger partial charge in [-0.1, -0.05) is 48.2 Å². The van der Waals surface area contributed by atoms with Crippen LogP contribution < -0.4 is 4.74 Å². The minimum atomic E-state index is 0.803. The quantitative estimate of drug-likeness (QED) is 0.428. The number of rotatable bonds is 5. The van der Waals surface area contributed by atoms with E-state index in [-0.39, 0.29) is 0 Å². The van der Waals surface area contributed by atoms with E-state index in [1.54, 1.807) is 30.2 Å². The summed E-state index contributed by atoms with van der Waals surface area (Å²) in [5, 5.41) is 5.28.